The van der Waals surface area contributed by atoms with Crippen molar-refractivity contribution < 1.29 is 14.3 Å². The Hall–Kier alpha value is -1.51. The summed E-state index contributed by atoms with van der Waals surface area (Å²) in [6, 6.07) is 7.80. The smallest absolute Gasteiger partial charge is 0.306 e. The second-order valence-corrected chi connectivity index (χ2v) is 3.39. The van der Waals surface area contributed by atoms with Crippen molar-refractivity contribution in [2.75, 3.05) is 13.2 Å². The molecule has 0 atom stereocenters. The SMILES string of the molecule is CCOC(=O)CCc1cccc(OCC)c1. The molecule has 0 amide bonds. The average molecular weight is 222 g/mol. The lowest BCUT2D eigenvalue weighted by Crippen LogP contribution is -2.05. The lowest BCUT2D eigenvalue weighted by molar-refractivity contribution is -0.143. The molecule has 3 heteroatoms. The van der Waals surface area contributed by atoms with Gasteiger partial charge in [0.15, 0.2) is 0 Å². The second-order valence-electron chi connectivity index (χ2n) is 3.39. The first-order valence-corrected chi connectivity index (χ1v) is 5.63. The maximum atomic E-state index is 11.2. The van der Waals surface area contributed by atoms with Crippen LogP contribution in [0.5, 0.6) is 5.75 Å². The molecule has 88 valence electrons. The van der Waals surface area contributed by atoms with Gasteiger partial charge in [-0.05, 0) is 38.0 Å². The molecule has 1 aromatic carbocycles. The molecular formula is C13H18O3. The molecule has 0 spiro atoms. The Morgan fingerprint density at radius 3 is 2.75 bits per heavy atom. The number of carbonyl (C=O) groups is 1. The van der Waals surface area contributed by atoms with E-state index in [1.165, 1.54) is 0 Å². The molecule has 0 fully saturated rings. The Labute approximate surface area is 96.4 Å². The lowest BCUT2D eigenvalue weighted by atomic mass is 10.1. The zero-order valence-electron chi connectivity index (χ0n) is 9.86. The van der Waals surface area contributed by atoms with Gasteiger partial charge in [-0.3, -0.25) is 4.79 Å². The van der Waals surface area contributed by atoms with Crippen LogP contribution in [0.3, 0.4) is 0 Å². The Kier molecular flexibility index (Phi) is 5.40. The van der Waals surface area contributed by atoms with E-state index in [2.05, 4.69) is 0 Å². The van der Waals surface area contributed by atoms with E-state index in [0.717, 1.165) is 11.3 Å². The van der Waals surface area contributed by atoms with Gasteiger partial charge in [0.1, 0.15) is 5.75 Å². The summed E-state index contributed by atoms with van der Waals surface area (Å²) in [5.41, 5.74) is 1.10. The Balaban J connectivity index is 2.47. The number of ether oxygens (including phenoxy) is 2. The van der Waals surface area contributed by atoms with Crippen molar-refractivity contribution >= 4 is 5.97 Å². The van der Waals surface area contributed by atoms with Gasteiger partial charge in [0.25, 0.3) is 0 Å². The van der Waals surface area contributed by atoms with Crippen LogP contribution in [0, 0.1) is 0 Å². The van der Waals surface area contributed by atoms with E-state index >= 15 is 0 Å². The first kappa shape index (κ1) is 12.6. The van der Waals surface area contributed by atoms with Gasteiger partial charge >= 0.3 is 5.97 Å². The van der Waals surface area contributed by atoms with E-state index in [4.69, 9.17) is 9.47 Å². The molecule has 0 saturated heterocycles. The number of benzene rings is 1. The largest absolute Gasteiger partial charge is 0.494 e. The third-order valence-electron chi connectivity index (χ3n) is 2.13. The first-order chi connectivity index (χ1) is 7.76. The van der Waals surface area contributed by atoms with Crippen LogP contribution in [0.1, 0.15) is 25.8 Å². The molecule has 16 heavy (non-hydrogen) atoms. The van der Waals surface area contributed by atoms with Gasteiger partial charge in [-0.25, -0.2) is 0 Å². The highest BCUT2D eigenvalue weighted by Crippen LogP contribution is 2.14. The highest BCUT2D eigenvalue weighted by molar-refractivity contribution is 5.69. The van der Waals surface area contributed by atoms with Crippen molar-refractivity contribution in [2.24, 2.45) is 0 Å². The standard InChI is InChI=1S/C13H18O3/c1-3-15-12-7-5-6-11(10-12)8-9-13(14)16-4-2/h5-7,10H,3-4,8-9H2,1-2H3. The van der Waals surface area contributed by atoms with Gasteiger partial charge in [0.05, 0.1) is 13.2 Å². The van der Waals surface area contributed by atoms with Crippen molar-refractivity contribution in [1.29, 1.82) is 0 Å². The minimum Gasteiger partial charge on any atom is -0.494 e. The van der Waals surface area contributed by atoms with Crippen LogP contribution in [0.4, 0.5) is 0 Å². The average Bonchev–Trinajstić information content (AvgIpc) is 2.28. The topological polar surface area (TPSA) is 35.5 Å². The third-order valence-corrected chi connectivity index (χ3v) is 2.13. The van der Waals surface area contributed by atoms with Gasteiger partial charge in [0, 0.05) is 6.42 Å². The van der Waals surface area contributed by atoms with E-state index in [0.29, 0.717) is 26.1 Å². The fraction of sp³-hybridized carbons (Fsp3) is 0.462. The van der Waals surface area contributed by atoms with E-state index in [9.17, 15) is 4.79 Å². The first-order valence-electron chi connectivity index (χ1n) is 5.63. The quantitative estimate of drug-likeness (QED) is 0.694. The van der Waals surface area contributed by atoms with Gasteiger partial charge < -0.3 is 9.47 Å². The Morgan fingerprint density at radius 2 is 2.06 bits per heavy atom. The fourth-order valence-corrected chi connectivity index (χ4v) is 1.44. The Morgan fingerprint density at radius 1 is 1.25 bits per heavy atom. The van der Waals surface area contributed by atoms with Crippen LogP contribution in [0.2, 0.25) is 0 Å². The van der Waals surface area contributed by atoms with Gasteiger partial charge in [-0.15, -0.1) is 0 Å². The molecule has 0 aliphatic heterocycles. The maximum Gasteiger partial charge on any atom is 0.306 e. The van der Waals surface area contributed by atoms with Crippen LogP contribution >= 0.6 is 0 Å². The van der Waals surface area contributed by atoms with Crippen molar-refractivity contribution in [2.45, 2.75) is 26.7 Å². The predicted octanol–water partition coefficient (Wildman–Crippen LogP) is 2.58. The van der Waals surface area contributed by atoms with E-state index < -0.39 is 0 Å². The maximum absolute atomic E-state index is 11.2. The minimum atomic E-state index is -0.149. The highest BCUT2D eigenvalue weighted by Gasteiger charge is 2.03. The molecular weight excluding hydrogens is 204 g/mol. The molecule has 0 aliphatic carbocycles. The lowest BCUT2D eigenvalue weighted by Gasteiger charge is -2.05. The highest BCUT2D eigenvalue weighted by atomic mass is 16.5. The van der Waals surface area contributed by atoms with Gasteiger partial charge in [0.2, 0.25) is 0 Å². The van der Waals surface area contributed by atoms with E-state index in [1.807, 2.05) is 38.1 Å². The summed E-state index contributed by atoms with van der Waals surface area (Å²) in [5, 5.41) is 0. The second kappa shape index (κ2) is 6.88. The van der Waals surface area contributed by atoms with Crippen molar-refractivity contribution in [3.8, 4) is 5.75 Å². The predicted molar refractivity (Wildman–Crippen MR) is 62.6 cm³/mol. The molecule has 3 nitrogen and oxygen atoms in total. The van der Waals surface area contributed by atoms with E-state index in [-0.39, 0.29) is 5.97 Å². The molecule has 0 radical (unpaired) electrons. The molecule has 0 aliphatic rings. The van der Waals surface area contributed by atoms with Crippen LogP contribution < -0.4 is 4.74 Å². The summed E-state index contributed by atoms with van der Waals surface area (Å²) in [4.78, 5) is 11.2. The molecule has 0 N–H and O–H groups in total. The van der Waals surface area contributed by atoms with Crippen LogP contribution in [0.15, 0.2) is 24.3 Å². The molecule has 0 unspecified atom stereocenters. The molecule has 1 aromatic rings. The fourth-order valence-electron chi connectivity index (χ4n) is 1.44. The number of carbonyl (C=O) groups excluding carboxylic acids is 1. The van der Waals surface area contributed by atoms with Crippen LogP contribution in [-0.2, 0) is 16.0 Å². The van der Waals surface area contributed by atoms with Crippen LogP contribution in [-0.4, -0.2) is 19.2 Å². The molecule has 0 bridgehead atoms. The van der Waals surface area contributed by atoms with Crippen molar-refractivity contribution in [1.82, 2.24) is 0 Å². The summed E-state index contributed by atoms with van der Waals surface area (Å²) in [6.45, 7) is 4.86. The number of esters is 1. The molecule has 0 aromatic heterocycles. The number of hydrogen-bond acceptors (Lipinski definition) is 3. The third kappa shape index (κ3) is 4.34. The normalized spacial score (nSPS) is 9.88. The van der Waals surface area contributed by atoms with Gasteiger partial charge in [-0.1, -0.05) is 12.1 Å². The summed E-state index contributed by atoms with van der Waals surface area (Å²) >= 11 is 0. The summed E-state index contributed by atoms with van der Waals surface area (Å²) in [7, 11) is 0. The minimum absolute atomic E-state index is 0.149. The number of hydrogen-bond donors (Lipinski definition) is 0. The molecule has 1 rings (SSSR count). The van der Waals surface area contributed by atoms with Crippen molar-refractivity contribution in [3.63, 3.8) is 0 Å². The molecule has 0 heterocycles. The van der Waals surface area contributed by atoms with E-state index in [1.54, 1.807) is 0 Å². The zero-order chi connectivity index (χ0) is 11.8. The Bertz CT molecular complexity index is 334. The van der Waals surface area contributed by atoms with Gasteiger partial charge in [-0.2, -0.15) is 0 Å². The molecule has 0 saturated carbocycles. The monoisotopic (exact) mass is 222 g/mol. The van der Waals surface area contributed by atoms with Crippen LogP contribution in [0.25, 0.3) is 0 Å². The zero-order valence-corrected chi connectivity index (χ0v) is 9.86. The van der Waals surface area contributed by atoms with Crippen molar-refractivity contribution in [3.05, 3.63) is 29.8 Å². The number of aryl methyl sites for hydroxylation is 1. The summed E-state index contributed by atoms with van der Waals surface area (Å²) in [6.07, 6.45) is 1.11. The summed E-state index contributed by atoms with van der Waals surface area (Å²) in [5.74, 6) is 0.702. The number of rotatable bonds is 6. The summed E-state index contributed by atoms with van der Waals surface area (Å²) < 4.78 is 10.3.